The molecule has 4 heterocycles. The third kappa shape index (κ3) is 3.40. The van der Waals surface area contributed by atoms with Crippen molar-refractivity contribution in [3.05, 3.63) is 60.2 Å². The Morgan fingerprint density at radius 1 is 1.00 bits per heavy atom. The predicted octanol–water partition coefficient (Wildman–Crippen LogP) is 2.24. The molecule has 35 heavy (non-hydrogen) atoms. The van der Waals surface area contributed by atoms with Crippen LogP contribution in [0.25, 0.3) is 0 Å². The summed E-state index contributed by atoms with van der Waals surface area (Å²) in [5.74, 6) is -1.75. The number of carbonyl (C=O) groups excluding carboxylic acids is 3. The van der Waals surface area contributed by atoms with Crippen LogP contribution in [0.4, 0.5) is 0 Å². The highest BCUT2D eigenvalue weighted by Gasteiger charge is 2.74. The zero-order valence-corrected chi connectivity index (χ0v) is 21.4. The van der Waals surface area contributed by atoms with Crippen molar-refractivity contribution in [1.82, 2.24) is 14.7 Å². The Kier molecular flexibility index (Phi) is 5.87. The Labute approximate surface area is 210 Å². The van der Waals surface area contributed by atoms with Gasteiger partial charge in [-0.2, -0.15) is 0 Å². The minimum Gasteiger partial charge on any atom is -0.394 e. The number of amides is 3. The fraction of sp³-hybridized carbons (Fsp3) is 0.519. The molecule has 1 spiro atoms. The summed E-state index contributed by atoms with van der Waals surface area (Å²) >= 11 is 1.57. The van der Waals surface area contributed by atoms with E-state index < -0.39 is 33.4 Å². The smallest absolute Gasteiger partial charge is 0.247 e. The monoisotopic (exact) mass is 495 g/mol. The zero-order chi connectivity index (χ0) is 25.1. The van der Waals surface area contributed by atoms with Gasteiger partial charge in [0, 0.05) is 30.9 Å². The molecule has 3 amide bonds. The lowest BCUT2D eigenvalue weighted by molar-refractivity contribution is -0.147. The Morgan fingerprint density at radius 3 is 2.34 bits per heavy atom. The van der Waals surface area contributed by atoms with E-state index in [1.54, 1.807) is 33.5 Å². The van der Waals surface area contributed by atoms with Crippen LogP contribution < -0.4 is 0 Å². The number of aliphatic hydroxyl groups excluding tert-OH is 1. The number of rotatable bonds is 4. The average Bonchev–Trinajstić information content (AvgIpc) is 3.10. The highest BCUT2D eigenvalue weighted by molar-refractivity contribution is 8.02. The molecule has 8 heteroatoms. The maximum absolute atomic E-state index is 14.4. The van der Waals surface area contributed by atoms with Crippen molar-refractivity contribution in [1.29, 1.82) is 0 Å². The number of aliphatic hydroxyl groups is 1. The summed E-state index contributed by atoms with van der Waals surface area (Å²) in [6, 6.07) is 7.81. The van der Waals surface area contributed by atoms with E-state index in [-0.39, 0.29) is 30.4 Å². The Hall–Kier alpha value is -2.58. The van der Waals surface area contributed by atoms with Crippen molar-refractivity contribution in [2.24, 2.45) is 11.8 Å². The summed E-state index contributed by atoms with van der Waals surface area (Å²) in [5.41, 5.74) is 0.771. The number of likely N-dealkylation sites (N-methyl/N-ethyl adjacent to an activating group) is 1. The van der Waals surface area contributed by atoms with Crippen LogP contribution in [-0.4, -0.2) is 85.8 Å². The summed E-state index contributed by atoms with van der Waals surface area (Å²) in [5, 5.41) is 10.5. The van der Waals surface area contributed by atoms with Crippen LogP contribution in [-0.2, 0) is 14.4 Å². The lowest BCUT2D eigenvalue weighted by Gasteiger charge is -2.40. The molecule has 0 saturated carbocycles. The Morgan fingerprint density at radius 2 is 1.69 bits per heavy atom. The molecule has 0 bridgehead atoms. The minimum atomic E-state index is -0.905. The number of carbonyl (C=O) groups is 3. The molecular weight excluding hydrogens is 462 g/mol. The van der Waals surface area contributed by atoms with E-state index in [0.29, 0.717) is 13.1 Å². The second-order valence-corrected chi connectivity index (χ2v) is 12.3. The summed E-state index contributed by atoms with van der Waals surface area (Å²) < 4.78 is -1.52. The van der Waals surface area contributed by atoms with Gasteiger partial charge in [-0.3, -0.25) is 14.4 Å². The number of benzene rings is 1. The number of thioether (sulfide) groups is 1. The molecule has 4 aliphatic heterocycles. The summed E-state index contributed by atoms with van der Waals surface area (Å²) in [6.07, 6.45) is 8.04. The van der Waals surface area contributed by atoms with Crippen molar-refractivity contribution in [3.8, 4) is 0 Å². The van der Waals surface area contributed by atoms with E-state index in [9.17, 15) is 19.5 Å². The molecule has 1 N–H and O–H groups in total. The van der Waals surface area contributed by atoms with Gasteiger partial charge in [0.05, 0.1) is 29.2 Å². The first-order valence-electron chi connectivity index (χ1n) is 12.3. The van der Waals surface area contributed by atoms with Crippen molar-refractivity contribution in [2.45, 2.75) is 48.4 Å². The standard InChI is InChI=1S/C27H33N3O4S/c1-17(2)29-15-9-13-27-21(20-23(32)28(4)14-8-12-26(20,3)35-27)24(33)30(22(27)25(29)34)19(16-31)18-10-6-5-7-11-18/h5-13,17,19-22,31H,14-16H2,1-4H3/t19-,20+,21+,22?,26-,27+/m1/s1. The molecule has 186 valence electrons. The molecule has 1 unspecified atom stereocenters. The molecule has 2 saturated heterocycles. The van der Waals surface area contributed by atoms with E-state index in [0.717, 1.165) is 5.56 Å². The fourth-order valence-electron chi connectivity index (χ4n) is 6.43. The number of nitrogens with zero attached hydrogens (tertiary/aromatic N) is 3. The van der Waals surface area contributed by atoms with Crippen molar-refractivity contribution < 1.29 is 19.5 Å². The van der Waals surface area contributed by atoms with E-state index >= 15 is 0 Å². The molecule has 0 aliphatic carbocycles. The molecule has 0 aromatic heterocycles. The minimum absolute atomic E-state index is 0.0530. The third-order valence-corrected chi connectivity index (χ3v) is 9.84. The second kappa shape index (κ2) is 8.52. The van der Waals surface area contributed by atoms with E-state index in [2.05, 4.69) is 6.08 Å². The van der Waals surface area contributed by atoms with Crippen LogP contribution in [0.5, 0.6) is 0 Å². The topological polar surface area (TPSA) is 81.2 Å². The van der Waals surface area contributed by atoms with Gasteiger partial charge in [-0.05, 0) is 26.3 Å². The van der Waals surface area contributed by atoms with E-state index in [1.807, 2.05) is 69.3 Å². The van der Waals surface area contributed by atoms with E-state index in [1.165, 1.54) is 0 Å². The molecule has 5 rings (SSSR count). The summed E-state index contributed by atoms with van der Waals surface area (Å²) in [4.78, 5) is 47.4. The highest BCUT2D eigenvalue weighted by atomic mass is 32.2. The molecule has 7 nitrogen and oxygen atoms in total. The van der Waals surface area contributed by atoms with Crippen LogP contribution in [0.1, 0.15) is 32.4 Å². The van der Waals surface area contributed by atoms with Crippen molar-refractivity contribution >= 4 is 29.5 Å². The van der Waals surface area contributed by atoms with Gasteiger partial charge in [0.15, 0.2) is 0 Å². The van der Waals surface area contributed by atoms with Crippen LogP contribution in [0.3, 0.4) is 0 Å². The average molecular weight is 496 g/mol. The van der Waals surface area contributed by atoms with Crippen molar-refractivity contribution in [3.63, 3.8) is 0 Å². The second-order valence-electron chi connectivity index (χ2n) is 10.5. The van der Waals surface area contributed by atoms with E-state index in [4.69, 9.17) is 0 Å². The largest absolute Gasteiger partial charge is 0.394 e. The van der Waals surface area contributed by atoms with Gasteiger partial charge in [-0.25, -0.2) is 0 Å². The maximum atomic E-state index is 14.4. The Balaban J connectivity index is 1.72. The Bertz CT molecular complexity index is 1100. The van der Waals surface area contributed by atoms with Gasteiger partial charge < -0.3 is 19.8 Å². The predicted molar refractivity (Wildman–Crippen MR) is 135 cm³/mol. The molecular formula is C27H33N3O4S. The first kappa shape index (κ1) is 24.1. The molecule has 2 fully saturated rings. The molecule has 4 aliphatic rings. The van der Waals surface area contributed by atoms with Gasteiger partial charge in [0.25, 0.3) is 0 Å². The van der Waals surface area contributed by atoms with Gasteiger partial charge in [-0.15, -0.1) is 11.8 Å². The number of hydrogen-bond acceptors (Lipinski definition) is 5. The quantitative estimate of drug-likeness (QED) is 0.648. The number of fused-ring (bicyclic) bond motifs is 2. The van der Waals surface area contributed by atoms with Crippen LogP contribution >= 0.6 is 11.8 Å². The highest BCUT2D eigenvalue weighted by Crippen LogP contribution is 2.66. The van der Waals surface area contributed by atoms with Crippen LogP contribution in [0, 0.1) is 11.8 Å². The maximum Gasteiger partial charge on any atom is 0.247 e. The van der Waals surface area contributed by atoms with Gasteiger partial charge in [-0.1, -0.05) is 54.6 Å². The fourth-order valence-corrected chi connectivity index (χ4v) is 8.57. The van der Waals surface area contributed by atoms with Crippen molar-refractivity contribution in [2.75, 3.05) is 26.7 Å². The molecule has 1 aromatic carbocycles. The summed E-state index contributed by atoms with van der Waals surface area (Å²) in [6.45, 7) is 6.58. The summed E-state index contributed by atoms with van der Waals surface area (Å²) in [7, 11) is 1.76. The molecule has 6 atom stereocenters. The normalized spacial score (nSPS) is 35.2. The number of hydrogen-bond donors (Lipinski definition) is 1. The van der Waals surface area contributed by atoms with Gasteiger partial charge in [0.2, 0.25) is 17.7 Å². The lowest BCUT2D eigenvalue weighted by Crippen LogP contribution is -2.55. The molecule has 1 aromatic rings. The van der Waals surface area contributed by atoms with Crippen LogP contribution in [0.15, 0.2) is 54.6 Å². The first-order valence-corrected chi connectivity index (χ1v) is 13.1. The van der Waals surface area contributed by atoms with Gasteiger partial charge in [0.1, 0.15) is 6.04 Å². The molecule has 0 radical (unpaired) electrons. The van der Waals surface area contributed by atoms with Gasteiger partial charge >= 0.3 is 0 Å². The third-order valence-electron chi connectivity index (χ3n) is 8.04. The lowest BCUT2D eigenvalue weighted by atomic mass is 9.74. The van der Waals surface area contributed by atoms with Crippen LogP contribution in [0.2, 0.25) is 0 Å². The SMILES string of the molecule is CC(C)N1CC=C[C@]23S[C@]4(C)C=CCN(C)C(=O)[C@@H]4[C@H]2C(=O)N([C@H](CO)c2ccccc2)C3C1=O. The first-order chi connectivity index (χ1) is 16.7. The number of likely N-dealkylation sites (tertiary alicyclic amines) is 1. The zero-order valence-electron chi connectivity index (χ0n) is 20.6.